The molecule has 1 aliphatic rings. The van der Waals surface area contributed by atoms with Crippen LogP contribution in [0, 0.1) is 6.92 Å². The summed E-state index contributed by atoms with van der Waals surface area (Å²) in [5.74, 6) is 3.26. The lowest BCUT2D eigenvalue weighted by Gasteiger charge is -2.07. The van der Waals surface area contributed by atoms with E-state index in [-0.39, 0.29) is 12.3 Å². The van der Waals surface area contributed by atoms with Crippen LogP contribution in [0.1, 0.15) is 42.4 Å². The SMILES string of the molecule is Cc1oc(-c2cccs2)nc1CC(=O)NCCc1nnc2n1CCCCC2. The van der Waals surface area contributed by atoms with Crippen molar-refractivity contribution >= 4 is 17.2 Å². The molecule has 0 aromatic carbocycles. The standard InChI is InChI=1S/C19H23N5O2S/c1-13-14(21-19(26-13)15-6-5-11-27-15)12-18(25)20-9-8-17-23-22-16-7-3-2-4-10-24(16)17/h5-6,11H,2-4,7-10,12H2,1H3,(H,20,25). The Morgan fingerprint density at radius 2 is 2.26 bits per heavy atom. The molecule has 1 N–H and O–H groups in total. The fourth-order valence-electron chi connectivity index (χ4n) is 3.36. The van der Waals surface area contributed by atoms with Crippen LogP contribution in [0.3, 0.4) is 0 Å². The van der Waals surface area contributed by atoms with Gasteiger partial charge in [-0.3, -0.25) is 4.79 Å². The van der Waals surface area contributed by atoms with E-state index < -0.39 is 0 Å². The molecule has 4 heterocycles. The lowest BCUT2D eigenvalue weighted by Crippen LogP contribution is -2.28. The molecule has 0 atom stereocenters. The molecular formula is C19H23N5O2S. The number of thiophene rings is 1. The Labute approximate surface area is 161 Å². The minimum Gasteiger partial charge on any atom is -0.440 e. The van der Waals surface area contributed by atoms with Gasteiger partial charge in [-0.1, -0.05) is 12.5 Å². The van der Waals surface area contributed by atoms with Crippen molar-refractivity contribution in [1.82, 2.24) is 25.1 Å². The summed E-state index contributed by atoms with van der Waals surface area (Å²) in [6.45, 7) is 3.37. The molecule has 8 heteroatoms. The summed E-state index contributed by atoms with van der Waals surface area (Å²) in [6, 6.07) is 3.92. The van der Waals surface area contributed by atoms with Gasteiger partial charge in [-0.2, -0.15) is 0 Å². The molecule has 3 aromatic rings. The van der Waals surface area contributed by atoms with Gasteiger partial charge in [0, 0.05) is 25.9 Å². The molecule has 1 amide bonds. The second kappa shape index (κ2) is 8.04. The number of nitrogens with zero attached hydrogens (tertiary/aromatic N) is 4. The van der Waals surface area contributed by atoms with Gasteiger partial charge in [-0.05, 0) is 31.2 Å². The summed E-state index contributed by atoms with van der Waals surface area (Å²) in [7, 11) is 0. The molecule has 142 valence electrons. The zero-order valence-electron chi connectivity index (χ0n) is 15.4. The van der Waals surface area contributed by atoms with Crippen LogP contribution in [0.5, 0.6) is 0 Å². The van der Waals surface area contributed by atoms with Crippen molar-refractivity contribution in [1.29, 1.82) is 0 Å². The van der Waals surface area contributed by atoms with E-state index in [1.165, 1.54) is 19.3 Å². The number of oxazole rings is 1. The Morgan fingerprint density at radius 3 is 3.11 bits per heavy atom. The topological polar surface area (TPSA) is 85.8 Å². The monoisotopic (exact) mass is 385 g/mol. The van der Waals surface area contributed by atoms with E-state index in [4.69, 9.17) is 4.42 Å². The third-order valence-electron chi connectivity index (χ3n) is 4.81. The number of aromatic nitrogens is 4. The van der Waals surface area contributed by atoms with Gasteiger partial charge in [0.15, 0.2) is 0 Å². The summed E-state index contributed by atoms with van der Waals surface area (Å²) in [5.41, 5.74) is 0.687. The molecule has 7 nitrogen and oxygen atoms in total. The normalized spacial score (nSPS) is 14.0. The van der Waals surface area contributed by atoms with E-state index in [1.54, 1.807) is 11.3 Å². The first-order valence-corrected chi connectivity index (χ1v) is 10.3. The quantitative estimate of drug-likeness (QED) is 0.705. The minimum absolute atomic E-state index is 0.0558. The van der Waals surface area contributed by atoms with Gasteiger partial charge in [0.25, 0.3) is 0 Å². The summed E-state index contributed by atoms with van der Waals surface area (Å²) < 4.78 is 7.91. The Hall–Kier alpha value is -2.48. The number of fused-ring (bicyclic) bond motifs is 1. The maximum absolute atomic E-state index is 12.3. The number of aryl methyl sites for hydroxylation is 2. The molecule has 0 saturated heterocycles. The number of hydrogen-bond acceptors (Lipinski definition) is 6. The van der Waals surface area contributed by atoms with Crippen molar-refractivity contribution < 1.29 is 9.21 Å². The minimum atomic E-state index is -0.0558. The highest BCUT2D eigenvalue weighted by molar-refractivity contribution is 7.13. The number of hydrogen-bond donors (Lipinski definition) is 1. The predicted octanol–water partition coefficient (Wildman–Crippen LogP) is 2.93. The highest BCUT2D eigenvalue weighted by atomic mass is 32.1. The van der Waals surface area contributed by atoms with Gasteiger partial charge in [-0.25, -0.2) is 4.98 Å². The maximum Gasteiger partial charge on any atom is 0.236 e. The van der Waals surface area contributed by atoms with Gasteiger partial charge >= 0.3 is 0 Å². The van der Waals surface area contributed by atoms with Crippen LogP contribution in [0.4, 0.5) is 0 Å². The molecule has 1 aliphatic heterocycles. The van der Waals surface area contributed by atoms with Gasteiger partial charge in [0.05, 0.1) is 17.0 Å². The van der Waals surface area contributed by atoms with Crippen LogP contribution in [-0.2, 0) is 30.6 Å². The van der Waals surface area contributed by atoms with E-state index >= 15 is 0 Å². The average Bonchev–Trinajstić information content (AvgIpc) is 3.34. The summed E-state index contributed by atoms with van der Waals surface area (Å²) >= 11 is 1.57. The first-order valence-electron chi connectivity index (χ1n) is 9.38. The van der Waals surface area contributed by atoms with Crippen LogP contribution >= 0.6 is 11.3 Å². The first kappa shape index (κ1) is 17.9. The molecule has 0 radical (unpaired) electrons. The van der Waals surface area contributed by atoms with E-state index in [0.717, 1.165) is 29.5 Å². The Balaban J connectivity index is 1.31. The lowest BCUT2D eigenvalue weighted by molar-refractivity contribution is -0.120. The average molecular weight is 385 g/mol. The van der Waals surface area contributed by atoms with E-state index in [9.17, 15) is 4.79 Å². The molecule has 0 spiro atoms. The zero-order valence-corrected chi connectivity index (χ0v) is 16.2. The lowest BCUT2D eigenvalue weighted by atomic mass is 10.2. The van der Waals surface area contributed by atoms with Gasteiger partial charge < -0.3 is 14.3 Å². The van der Waals surface area contributed by atoms with Crippen molar-refractivity contribution in [3.8, 4) is 10.8 Å². The van der Waals surface area contributed by atoms with Gasteiger partial charge in [0.2, 0.25) is 11.8 Å². The van der Waals surface area contributed by atoms with Gasteiger partial charge in [-0.15, -0.1) is 21.5 Å². The third kappa shape index (κ3) is 4.10. The van der Waals surface area contributed by atoms with Crippen LogP contribution in [-0.4, -0.2) is 32.2 Å². The smallest absolute Gasteiger partial charge is 0.236 e. The fraction of sp³-hybridized carbons (Fsp3) is 0.474. The Morgan fingerprint density at radius 1 is 1.33 bits per heavy atom. The summed E-state index contributed by atoms with van der Waals surface area (Å²) in [6.07, 6.45) is 5.50. The molecule has 3 aromatic heterocycles. The molecule has 27 heavy (non-hydrogen) atoms. The largest absolute Gasteiger partial charge is 0.440 e. The number of carbonyl (C=O) groups excluding carboxylic acids is 1. The second-order valence-electron chi connectivity index (χ2n) is 6.77. The van der Waals surface area contributed by atoms with Crippen molar-refractivity contribution in [2.45, 2.75) is 52.0 Å². The van der Waals surface area contributed by atoms with Crippen LogP contribution in [0.15, 0.2) is 21.9 Å². The molecule has 4 rings (SSSR count). The zero-order chi connectivity index (χ0) is 18.6. The summed E-state index contributed by atoms with van der Waals surface area (Å²) in [4.78, 5) is 17.7. The van der Waals surface area contributed by atoms with Crippen molar-refractivity contribution in [2.24, 2.45) is 0 Å². The first-order chi connectivity index (χ1) is 13.2. The second-order valence-corrected chi connectivity index (χ2v) is 7.72. The highest BCUT2D eigenvalue weighted by Crippen LogP contribution is 2.26. The Kier molecular flexibility index (Phi) is 5.33. The fourth-order valence-corrected chi connectivity index (χ4v) is 4.01. The number of amides is 1. The molecule has 0 aliphatic carbocycles. The van der Waals surface area contributed by atoms with E-state index in [1.807, 2.05) is 24.4 Å². The van der Waals surface area contributed by atoms with E-state index in [0.29, 0.717) is 30.3 Å². The number of rotatable bonds is 6. The molecular weight excluding hydrogens is 362 g/mol. The van der Waals surface area contributed by atoms with Crippen LogP contribution in [0.25, 0.3) is 10.8 Å². The number of carbonyl (C=O) groups is 1. The van der Waals surface area contributed by atoms with Crippen molar-refractivity contribution in [3.05, 3.63) is 40.6 Å². The van der Waals surface area contributed by atoms with Crippen molar-refractivity contribution in [3.63, 3.8) is 0 Å². The molecule has 0 bridgehead atoms. The summed E-state index contributed by atoms with van der Waals surface area (Å²) in [5, 5.41) is 13.5. The predicted molar refractivity (Wildman–Crippen MR) is 103 cm³/mol. The Bertz CT molecular complexity index is 913. The van der Waals surface area contributed by atoms with Crippen LogP contribution < -0.4 is 5.32 Å². The molecule has 0 fully saturated rings. The van der Waals surface area contributed by atoms with E-state index in [2.05, 4.69) is 25.1 Å². The van der Waals surface area contributed by atoms with Crippen LogP contribution in [0.2, 0.25) is 0 Å². The maximum atomic E-state index is 12.3. The highest BCUT2D eigenvalue weighted by Gasteiger charge is 2.17. The third-order valence-corrected chi connectivity index (χ3v) is 5.67. The number of nitrogens with one attached hydrogen (secondary N) is 1. The van der Waals surface area contributed by atoms with Crippen molar-refractivity contribution in [2.75, 3.05) is 6.54 Å². The van der Waals surface area contributed by atoms with Gasteiger partial charge in [0.1, 0.15) is 17.4 Å². The molecule has 0 saturated carbocycles. The molecule has 0 unspecified atom stereocenters.